The fourth-order valence-electron chi connectivity index (χ4n) is 5.21. The van der Waals surface area contributed by atoms with Crippen molar-refractivity contribution in [2.24, 2.45) is 0 Å². The van der Waals surface area contributed by atoms with Gasteiger partial charge in [-0.3, -0.25) is 14.5 Å². The number of fused-ring (bicyclic) bond motifs is 1. The predicted octanol–water partition coefficient (Wildman–Crippen LogP) is 7.00. The number of nitrogens with zero attached hydrogens (tertiary/aromatic N) is 1. The Morgan fingerprint density at radius 3 is 2.36 bits per heavy atom. The number of aliphatic hydroxyl groups excluding tert-OH is 1. The number of anilines is 1. The van der Waals surface area contributed by atoms with Crippen LogP contribution >= 0.6 is 0 Å². The van der Waals surface area contributed by atoms with Crippen LogP contribution in [0.2, 0.25) is 0 Å². The zero-order chi connectivity index (χ0) is 27.7. The van der Waals surface area contributed by atoms with Crippen molar-refractivity contribution in [1.29, 1.82) is 0 Å². The molecule has 1 atom stereocenters. The van der Waals surface area contributed by atoms with Gasteiger partial charge in [0.1, 0.15) is 17.3 Å². The first kappa shape index (κ1) is 26.0. The molecule has 5 rings (SSSR count). The van der Waals surface area contributed by atoms with Crippen molar-refractivity contribution in [2.75, 3.05) is 18.6 Å². The number of carbonyl (C=O) groups is 2. The molecule has 0 spiro atoms. The van der Waals surface area contributed by atoms with Gasteiger partial charge in [0.05, 0.1) is 25.3 Å². The lowest BCUT2D eigenvalue weighted by Gasteiger charge is -2.26. The number of hydrogen-bond donors (Lipinski definition) is 1. The van der Waals surface area contributed by atoms with Gasteiger partial charge in [0.2, 0.25) is 0 Å². The third-order valence-electron chi connectivity index (χ3n) is 7.12. The molecular formula is C33H31NO5. The van der Waals surface area contributed by atoms with E-state index in [1.54, 1.807) is 43.5 Å². The van der Waals surface area contributed by atoms with Crippen LogP contribution in [0.4, 0.5) is 5.69 Å². The molecule has 1 saturated heterocycles. The van der Waals surface area contributed by atoms with Gasteiger partial charge in [-0.25, -0.2) is 0 Å². The van der Waals surface area contributed by atoms with Crippen LogP contribution in [0.25, 0.3) is 16.5 Å². The van der Waals surface area contributed by atoms with E-state index in [1.807, 2.05) is 69.3 Å². The monoisotopic (exact) mass is 521 g/mol. The molecule has 0 aliphatic carbocycles. The van der Waals surface area contributed by atoms with Crippen LogP contribution in [0.15, 0.2) is 90.5 Å². The highest BCUT2D eigenvalue weighted by atomic mass is 16.5. The fraction of sp³-hybridized carbons (Fsp3) is 0.212. The summed E-state index contributed by atoms with van der Waals surface area (Å²) in [5, 5.41) is 13.6. The van der Waals surface area contributed by atoms with Crippen LogP contribution in [0, 0.1) is 0 Å². The van der Waals surface area contributed by atoms with Gasteiger partial charge in [-0.05, 0) is 77.2 Å². The van der Waals surface area contributed by atoms with E-state index in [-0.39, 0.29) is 17.3 Å². The van der Waals surface area contributed by atoms with E-state index in [0.29, 0.717) is 23.6 Å². The van der Waals surface area contributed by atoms with E-state index < -0.39 is 17.7 Å². The lowest BCUT2D eigenvalue weighted by molar-refractivity contribution is -0.132. The van der Waals surface area contributed by atoms with Crippen molar-refractivity contribution in [2.45, 2.75) is 32.7 Å². The highest BCUT2D eigenvalue weighted by Crippen LogP contribution is 2.45. The first-order chi connectivity index (χ1) is 18.8. The molecule has 1 N–H and O–H groups in total. The van der Waals surface area contributed by atoms with Crippen LogP contribution in [-0.2, 0) is 9.59 Å². The molecule has 39 heavy (non-hydrogen) atoms. The van der Waals surface area contributed by atoms with Crippen molar-refractivity contribution in [1.82, 2.24) is 0 Å². The molecule has 0 saturated carbocycles. The summed E-state index contributed by atoms with van der Waals surface area (Å²) >= 11 is 0. The standard InChI is InChI=1S/C33H31NO5/c1-5-39-28-18-13-22(19-27(28)20(2)3)31(35)29-30(26-12-8-10-21-9-6-7-11-25(21)26)34(33(37)32(29)36)23-14-16-24(38-4)17-15-23/h6-20,30,35H,5H2,1-4H3/b31-29+. The molecule has 0 aromatic heterocycles. The van der Waals surface area contributed by atoms with Gasteiger partial charge in [0.25, 0.3) is 11.7 Å². The SMILES string of the molecule is CCOc1ccc(/C(O)=C2\C(=O)C(=O)N(c3ccc(OC)cc3)C2c2cccc3ccccc23)cc1C(C)C. The summed E-state index contributed by atoms with van der Waals surface area (Å²) < 4.78 is 11.1. The maximum absolute atomic E-state index is 13.7. The lowest BCUT2D eigenvalue weighted by Crippen LogP contribution is -2.29. The summed E-state index contributed by atoms with van der Waals surface area (Å²) in [4.78, 5) is 28.8. The van der Waals surface area contributed by atoms with Gasteiger partial charge < -0.3 is 14.6 Å². The minimum absolute atomic E-state index is 0.0473. The van der Waals surface area contributed by atoms with Gasteiger partial charge in [-0.2, -0.15) is 0 Å². The van der Waals surface area contributed by atoms with Gasteiger partial charge in [-0.15, -0.1) is 0 Å². The average Bonchev–Trinajstić information content (AvgIpc) is 3.22. The largest absolute Gasteiger partial charge is 0.507 e. The molecule has 4 aromatic carbocycles. The van der Waals surface area contributed by atoms with E-state index in [9.17, 15) is 14.7 Å². The van der Waals surface area contributed by atoms with E-state index in [0.717, 1.165) is 27.6 Å². The Balaban J connectivity index is 1.76. The third kappa shape index (κ3) is 4.63. The van der Waals surface area contributed by atoms with Crippen LogP contribution < -0.4 is 14.4 Å². The number of aliphatic hydroxyl groups is 1. The number of rotatable bonds is 7. The van der Waals surface area contributed by atoms with Gasteiger partial charge in [0, 0.05) is 11.3 Å². The topological polar surface area (TPSA) is 76.1 Å². The lowest BCUT2D eigenvalue weighted by atomic mass is 9.90. The van der Waals surface area contributed by atoms with Crippen LogP contribution in [-0.4, -0.2) is 30.5 Å². The minimum atomic E-state index is -0.835. The maximum atomic E-state index is 13.7. The normalized spacial score (nSPS) is 16.7. The smallest absolute Gasteiger partial charge is 0.300 e. The summed E-state index contributed by atoms with van der Waals surface area (Å²) in [6.45, 7) is 6.52. The number of hydrogen-bond acceptors (Lipinski definition) is 5. The molecule has 4 aromatic rings. The first-order valence-electron chi connectivity index (χ1n) is 13.1. The molecule has 1 unspecified atom stereocenters. The van der Waals surface area contributed by atoms with Crippen LogP contribution in [0.5, 0.6) is 11.5 Å². The van der Waals surface area contributed by atoms with Crippen molar-refractivity contribution in [3.8, 4) is 11.5 Å². The van der Waals surface area contributed by atoms with E-state index in [2.05, 4.69) is 0 Å². The van der Waals surface area contributed by atoms with E-state index in [4.69, 9.17) is 9.47 Å². The Labute approximate surface area is 228 Å². The molecule has 1 fully saturated rings. The fourth-order valence-corrected chi connectivity index (χ4v) is 5.21. The molecule has 0 radical (unpaired) electrons. The Hall–Kier alpha value is -4.58. The van der Waals surface area contributed by atoms with Gasteiger partial charge in [-0.1, -0.05) is 56.3 Å². The van der Waals surface area contributed by atoms with Crippen LogP contribution in [0.3, 0.4) is 0 Å². The maximum Gasteiger partial charge on any atom is 0.300 e. The Morgan fingerprint density at radius 1 is 0.949 bits per heavy atom. The summed E-state index contributed by atoms with van der Waals surface area (Å²) in [6, 6.07) is 25.1. The highest BCUT2D eigenvalue weighted by Gasteiger charge is 2.47. The van der Waals surface area contributed by atoms with Crippen molar-refractivity contribution < 1.29 is 24.2 Å². The summed E-state index contributed by atoms with van der Waals surface area (Å²) in [7, 11) is 1.57. The van der Waals surface area contributed by atoms with E-state index >= 15 is 0 Å². The predicted molar refractivity (Wildman–Crippen MR) is 153 cm³/mol. The third-order valence-corrected chi connectivity index (χ3v) is 7.12. The minimum Gasteiger partial charge on any atom is -0.507 e. The van der Waals surface area contributed by atoms with Crippen molar-refractivity contribution >= 4 is 33.9 Å². The molecule has 198 valence electrons. The summed E-state index contributed by atoms with van der Waals surface area (Å²) in [5.74, 6) is -0.168. The molecule has 0 bridgehead atoms. The molecule has 6 nitrogen and oxygen atoms in total. The number of benzene rings is 4. The molecule has 1 amide bonds. The molecule has 6 heteroatoms. The molecule has 1 aliphatic heterocycles. The number of methoxy groups -OCH3 is 1. The van der Waals surface area contributed by atoms with Gasteiger partial charge in [0.15, 0.2) is 0 Å². The Morgan fingerprint density at radius 2 is 1.67 bits per heavy atom. The van der Waals surface area contributed by atoms with Crippen molar-refractivity contribution in [3.63, 3.8) is 0 Å². The first-order valence-corrected chi connectivity index (χ1v) is 13.1. The second-order valence-electron chi connectivity index (χ2n) is 9.78. The number of ether oxygens (including phenoxy) is 2. The number of amides is 1. The van der Waals surface area contributed by atoms with Gasteiger partial charge >= 0.3 is 0 Å². The quantitative estimate of drug-likeness (QED) is 0.161. The van der Waals surface area contributed by atoms with E-state index in [1.165, 1.54) is 4.90 Å². The average molecular weight is 522 g/mol. The number of carbonyl (C=O) groups excluding carboxylic acids is 2. The van der Waals surface area contributed by atoms with Crippen molar-refractivity contribution in [3.05, 3.63) is 107 Å². The highest BCUT2D eigenvalue weighted by molar-refractivity contribution is 6.51. The summed E-state index contributed by atoms with van der Waals surface area (Å²) in [6.07, 6.45) is 0. The molecule has 1 aliphatic rings. The number of Topliss-reactive ketones (excluding diaryl/α,β-unsaturated/α-hetero) is 1. The van der Waals surface area contributed by atoms with Crippen LogP contribution in [0.1, 0.15) is 49.4 Å². The number of ketones is 1. The molecule has 1 heterocycles. The summed E-state index contributed by atoms with van der Waals surface area (Å²) in [5.41, 5.74) is 2.70. The molecular weight excluding hydrogens is 490 g/mol. The zero-order valence-electron chi connectivity index (χ0n) is 22.5. The Bertz CT molecular complexity index is 1580. The Kier molecular flexibility index (Phi) is 7.11. The second kappa shape index (κ2) is 10.7. The zero-order valence-corrected chi connectivity index (χ0v) is 22.5. The second-order valence-corrected chi connectivity index (χ2v) is 9.78.